The maximum absolute atomic E-state index is 4.45. The Morgan fingerprint density at radius 1 is 1.53 bits per heavy atom. The van der Waals surface area contributed by atoms with E-state index in [1.165, 1.54) is 11.4 Å². The van der Waals surface area contributed by atoms with Crippen molar-refractivity contribution in [3.63, 3.8) is 0 Å². The van der Waals surface area contributed by atoms with Crippen LogP contribution in [0.5, 0.6) is 0 Å². The molecule has 0 saturated carbocycles. The van der Waals surface area contributed by atoms with Crippen LogP contribution >= 0.6 is 11.3 Å². The molecule has 0 saturated heterocycles. The molecule has 0 radical (unpaired) electrons. The summed E-state index contributed by atoms with van der Waals surface area (Å²) in [6.07, 6.45) is 2.81. The summed E-state index contributed by atoms with van der Waals surface area (Å²) in [5.74, 6) is 0. The van der Waals surface area contributed by atoms with Gasteiger partial charge in [-0.05, 0) is 19.9 Å². The van der Waals surface area contributed by atoms with Crippen LogP contribution in [-0.4, -0.2) is 21.3 Å². The van der Waals surface area contributed by atoms with E-state index in [4.69, 9.17) is 0 Å². The van der Waals surface area contributed by atoms with Gasteiger partial charge in [0.2, 0.25) is 0 Å². The topological polar surface area (TPSA) is 42.7 Å². The molecule has 92 valence electrons. The first kappa shape index (κ1) is 12.3. The molecule has 0 spiro atoms. The van der Waals surface area contributed by atoms with Gasteiger partial charge in [-0.1, -0.05) is 0 Å². The number of hydrogen-bond acceptors (Lipinski definition) is 4. The van der Waals surface area contributed by atoms with E-state index in [9.17, 15) is 0 Å². The van der Waals surface area contributed by atoms with Gasteiger partial charge in [0.25, 0.3) is 0 Å². The van der Waals surface area contributed by atoms with Crippen LogP contribution in [0, 0.1) is 6.92 Å². The Bertz CT molecular complexity index is 474. The van der Waals surface area contributed by atoms with Crippen molar-refractivity contribution in [2.75, 3.05) is 6.54 Å². The molecule has 17 heavy (non-hydrogen) atoms. The summed E-state index contributed by atoms with van der Waals surface area (Å²) >= 11 is 1.71. The first-order valence-corrected chi connectivity index (χ1v) is 6.67. The molecule has 0 bridgehead atoms. The second-order valence-electron chi connectivity index (χ2n) is 4.16. The fourth-order valence-electron chi connectivity index (χ4n) is 1.85. The maximum atomic E-state index is 4.45. The molecule has 1 N–H and O–H groups in total. The molecular formula is C12H18N4S. The Labute approximate surface area is 106 Å². The standard InChI is InChI=1S/C12H18N4S/c1-9(12-5-7-14-16(12)3)13-6-4-11-8-17-10(2)15-11/h5,7-9,13H,4,6H2,1-3H3. The SMILES string of the molecule is Cc1nc(CCNC(C)c2ccnn2C)cs1. The molecule has 0 aliphatic rings. The first-order chi connectivity index (χ1) is 8.16. The van der Waals surface area contributed by atoms with Gasteiger partial charge in [0.05, 0.1) is 16.4 Å². The molecule has 0 aromatic carbocycles. The second kappa shape index (κ2) is 5.42. The Kier molecular flexibility index (Phi) is 3.91. The minimum absolute atomic E-state index is 0.322. The lowest BCUT2D eigenvalue weighted by atomic mass is 10.2. The van der Waals surface area contributed by atoms with Crippen LogP contribution in [0.4, 0.5) is 0 Å². The van der Waals surface area contributed by atoms with Crippen LogP contribution in [0.15, 0.2) is 17.6 Å². The summed E-state index contributed by atoms with van der Waals surface area (Å²) < 4.78 is 1.91. The van der Waals surface area contributed by atoms with Gasteiger partial charge in [-0.3, -0.25) is 4.68 Å². The van der Waals surface area contributed by atoms with Gasteiger partial charge >= 0.3 is 0 Å². The third kappa shape index (κ3) is 3.14. The summed E-state index contributed by atoms with van der Waals surface area (Å²) in [5, 5.41) is 10.9. The highest BCUT2D eigenvalue weighted by atomic mass is 32.1. The zero-order chi connectivity index (χ0) is 12.3. The lowest BCUT2D eigenvalue weighted by Gasteiger charge is -2.13. The highest BCUT2D eigenvalue weighted by molar-refractivity contribution is 7.09. The predicted octanol–water partition coefficient (Wildman–Crippen LogP) is 2.08. The van der Waals surface area contributed by atoms with Gasteiger partial charge in [-0.2, -0.15) is 5.10 Å². The lowest BCUT2D eigenvalue weighted by Crippen LogP contribution is -2.23. The van der Waals surface area contributed by atoms with Crippen LogP contribution in [0.2, 0.25) is 0 Å². The Morgan fingerprint density at radius 3 is 2.94 bits per heavy atom. The van der Waals surface area contributed by atoms with Crippen molar-refractivity contribution >= 4 is 11.3 Å². The number of aryl methyl sites for hydroxylation is 2. The van der Waals surface area contributed by atoms with Crippen molar-refractivity contribution in [2.45, 2.75) is 26.3 Å². The fraction of sp³-hybridized carbons (Fsp3) is 0.500. The summed E-state index contributed by atoms with van der Waals surface area (Å²) in [6.45, 7) is 5.14. The largest absolute Gasteiger partial charge is 0.308 e. The van der Waals surface area contributed by atoms with Gasteiger partial charge in [0, 0.05) is 37.6 Å². The number of aromatic nitrogens is 3. The third-order valence-corrected chi connectivity index (χ3v) is 3.62. The average molecular weight is 250 g/mol. The molecule has 0 aliphatic carbocycles. The molecule has 2 heterocycles. The Balaban J connectivity index is 1.81. The highest BCUT2D eigenvalue weighted by Crippen LogP contribution is 2.11. The molecule has 2 rings (SSSR count). The minimum Gasteiger partial charge on any atom is -0.308 e. The number of nitrogens with zero attached hydrogens (tertiary/aromatic N) is 3. The molecule has 0 aliphatic heterocycles. The number of rotatable bonds is 5. The van der Waals surface area contributed by atoms with Crippen molar-refractivity contribution in [3.8, 4) is 0 Å². The summed E-state index contributed by atoms with van der Waals surface area (Å²) in [4.78, 5) is 4.45. The molecule has 4 nitrogen and oxygen atoms in total. The summed E-state index contributed by atoms with van der Waals surface area (Å²) in [5.41, 5.74) is 2.39. The normalized spacial score (nSPS) is 12.9. The molecule has 5 heteroatoms. The second-order valence-corrected chi connectivity index (χ2v) is 5.23. The van der Waals surface area contributed by atoms with E-state index in [1.54, 1.807) is 11.3 Å². The molecule has 0 amide bonds. The van der Waals surface area contributed by atoms with Gasteiger partial charge in [-0.15, -0.1) is 11.3 Å². The van der Waals surface area contributed by atoms with E-state index in [0.717, 1.165) is 18.0 Å². The number of hydrogen-bond donors (Lipinski definition) is 1. The maximum Gasteiger partial charge on any atom is 0.0897 e. The van der Waals surface area contributed by atoms with Crippen molar-refractivity contribution in [1.82, 2.24) is 20.1 Å². The molecular weight excluding hydrogens is 232 g/mol. The van der Waals surface area contributed by atoms with Crippen LogP contribution in [0.1, 0.15) is 29.4 Å². The first-order valence-electron chi connectivity index (χ1n) is 5.79. The molecule has 1 unspecified atom stereocenters. The molecule has 2 aromatic heterocycles. The number of thiazole rings is 1. The quantitative estimate of drug-likeness (QED) is 0.883. The zero-order valence-corrected chi connectivity index (χ0v) is 11.3. The summed E-state index contributed by atoms with van der Waals surface area (Å²) in [6, 6.07) is 2.37. The number of nitrogens with one attached hydrogen (secondary N) is 1. The van der Waals surface area contributed by atoms with Crippen LogP contribution in [-0.2, 0) is 13.5 Å². The van der Waals surface area contributed by atoms with Crippen LogP contribution in [0.25, 0.3) is 0 Å². The lowest BCUT2D eigenvalue weighted by molar-refractivity contribution is 0.531. The van der Waals surface area contributed by atoms with Gasteiger partial charge < -0.3 is 5.32 Å². The fourth-order valence-corrected chi connectivity index (χ4v) is 2.50. The Morgan fingerprint density at radius 2 is 2.35 bits per heavy atom. The third-order valence-electron chi connectivity index (χ3n) is 2.80. The average Bonchev–Trinajstić information content (AvgIpc) is 2.87. The van der Waals surface area contributed by atoms with Crippen LogP contribution < -0.4 is 5.32 Å². The van der Waals surface area contributed by atoms with E-state index in [-0.39, 0.29) is 0 Å². The van der Waals surface area contributed by atoms with Crippen molar-refractivity contribution in [2.24, 2.45) is 7.05 Å². The molecule has 1 atom stereocenters. The predicted molar refractivity (Wildman–Crippen MR) is 70.2 cm³/mol. The zero-order valence-electron chi connectivity index (χ0n) is 10.5. The van der Waals surface area contributed by atoms with Crippen molar-refractivity contribution in [3.05, 3.63) is 34.0 Å². The van der Waals surface area contributed by atoms with E-state index >= 15 is 0 Å². The van der Waals surface area contributed by atoms with E-state index in [1.807, 2.05) is 30.9 Å². The van der Waals surface area contributed by atoms with Crippen molar-refractivity contribution < 1.29 is 0 Å². The van der Waals surface area contributed by atoms with Crippen molar-refractivity contribution in [1.29, 1.82) is 0 Å². The molecule has 2 aromatic rings. The monoisotopic (exact) mass is 250 g/mol. The van der Waals surface area contributed by atoms with E-state index in [0.29, 0.717) is 6.04 Å². The van der Waals surface area contributed by atoms with Gasteiger partial charge in [0.1, 0.15) is 0 Å². The summed E-state index contributed by atoms with van der Waals surface area (Å²) in [7, 11) is 1.97. The highest BCUT2D eigenvalue weighted by Gasteiger charge is 2.08. The Hall–Kier alpha value is -1.20. The van der Waals surface area contributed by atoms with Gasteiger partial charge in [-0.25, -0.2) is 4.98 Å². The smallest absolute Gasteiger partial charge is 0.0897 e. The van der Waals surface area contributed by atoms with Gasteiger partial charge in [0.15, 0.2) is 0 Å². The minimum atomic E-state index is 0.322. The van der Waals surface area contributed by atoms with Crippen LogP contribution in [0.3, 0.4) is 0 Å². The molecule has 0 fully saturated rings. The van der Waals surface area contributed by atoms with E-state index < -0.39 is 0 Å². The van der Waals surface area contributed by atoms with E-state index in [2.05, 4.69) is 27.7 Å².